The van der Waals surface area contributed by atoms with E-state index >= 15 is 0 Å². The normalized spacial score (nSPS) is 13.3. The van der Waals surface area contributed by atoms with Gasteiger partial charge in [0.05, 0.1) is 11.0 Å². The Bertz CT molecular complexity index is 462. The Morgan fingerprint density at radius 2 is 2.13 bits per heavy atom. The zero-order chi connectivity index (χ0) is 10.8. The van der Waals surface area contributed by atoms with Crippen LogP contribution in [0, 0.1) is 0 Å². The SMILES string of the molecule is CCC[C@@H](O)c1nc2ccccc2n1C. The Hall–Kier alpha value is -1.35. The lowest BCUT2D eigenvalue weighted by molar-refractivity contribution is 0.154. The van der Waals surface area contributed by atoms with Crippen molar-refractivity contribution < 1.29 is 5.11 Å². The van der Waals surface area contributed by atoms with Crippen LogP contribution in [0.25, 0.3) is 11.0 Å². The molecule has 80 valence electrons. The van der Waals surface area contributed by atoms with Crippen molar-refractivity contribution in [1.29, 1.82) is 0 Å². The van der Waals surface area contributed by atoms with Crippen molar-refractivity contribution in [2.45, 2.75) is 25.9 Å². The van der Waals surface area contributed by atoms with Crippen LogP contribution in [0.5, 0.6) is 0 Å². The second-order valence-electron chi connectivity index (χ2n) is 3.82. The molecule has 0 unspecified atom stereocenters. The van der Waals surface area contributed by atoms with Crippen LogP contribution < -0.4 is 0 Å². The summed E-state index contributed by atoms with van der Waals surface area (Å²) in [6, 6.07) is 7.94. The van der Waals surface area contributed by atoms with Gasteiger partial charge in [0.15, 0.2) is 0 Å². The topological polar surface area (TPSA) is 38.1 Å². The molecule has 3 heteroatoms. The summed E-state index contributed by atoms with van der Waals surface area (Å²) >= 11 is 0. The number of aliphatic hydroxyl groups excluding tert-OH is 1. The van der Waals surface area contributed by atoms with Crippen LogP contribution in [-0.4, -0.2) is 14.7 Å². The molecule has 0 bridgehead atoms. The number of aromatic nitrogens is 2. The van der Waals surface area contributed by atoms with E-state index in [9.17, 15) is 5.11 Å². The number of hydrogen-bond donors (Lipinski definition) is 1. The smallest absolute Gasteiger partial charge is 0.138 e. The number of benzene rings is 1. The number of hydrogen-bond acceptors (Lipinski definition) is 2. The van der Waals surface area contributed by atoms with E-state index in [1.807, 2.05) is 35.9 Å². The summed E-state index contributed by atoms with van der Waals surface area (Å²) in [5.41, 5.74) is 2.02. The van der Waals surface area contributed by atoms with Crippen molar-refractivity contribution >= 4 is 11.0 Å². The molecule has 0 aliphatic heterocycles. The van der Waals surface area contributed by atoms with Crippen LogP contribution in [0.2, 0.25) is 0 Å². The lowest BCUT2D eigenvalue weighted by Crippen LogP contribution is -2.05. The third kappa shape index (κ3) is 1.75. The summed E-state index contributed by atoms with van der Waals surface area (Å²) in [4.78, 5) is 4.44. The first kappa shape index (κ1) is 10.2. The van der Waals surface area contributed by atoms with E-state index in [1.165, 1.54) is 0 Å². The monoisotopic (exact) mass is 204 g/mol. The van der Waals surface area contributed by atoms with Crippen LogP contribution in [0.4, 0.5) is 0 Å². The van der Waals surface area contributed by atoms with E-state index in [0.29, 0.717) is 0 Å². The van der Waals surface area contributed by atoms with Gasteiger partial charge in [-0.15, -0.1) is 0 Å². The lowest BCUT2D eigenvalue weighted by Gasteiger charge is -2.08. The second-order valence-corrected chi connectivity index (χ2v) is 3.82. The molecular formula is C12H16N2O. The van der Waals surface area contributed by atoms with Gasteiger partial charge in [-0.25, -0.2) is 4.98 Å². The highest BCUT2D eigenvalue weighted by atomic mass is 16.3. The average molecular weight is 204 g/mol. The summed E-state index contributed by atoms with van der Waals surface area (Å²) in [6.07, 6.45) is 1.27. The van der Waals surface area contributed by atoms with Gasteiger partial charge in [0.2, 0.25) is 0 Å². The molecule has 1 N–H and O–H groups in total. The molecular weight excluding hydrogens is 188 g/mol. The van der Waals surface area contributed by atoms with Gasteiger partial charge in [-0.3, -0.25) is 0 Å². The molecule has 0 saturated carbocycles. The Balaban J connectivity index is 2.48. The van der Waals surface area contributed by atoms with Crippen molar-refractivity contribution in [2.24, 2.45) is 7.05 Å². The van der Waals surface area contributed by atoms with E-state index < -0.39 is 6.10 Å². The number of imidazole rings is 1. The molecule has 2 aromatic rings. The van der Waals surface area contributed by atoms with Crippen LogP contribution in [0.3, 0.4) is 0 Å². The number of aryl methyl sites for hydroxylation is 1. The third-order valence-corrected chi connectivity index (χ3v) is 2.68. The Morgan fingerprint density at radius 3 is 2.80 bits per heavy atom. The Labute approximate surface area is 89.4 Å². The second kappa shape index (κ2) is 4.03. The van der Waals surface area contributed by atoms with Gasteiger partial charge < -0.3 is 9.67 Å². The van der Waals surface area contributed by atoms with Gasteiger partial charge in [-0.05, 0) is 18.6 Å². The number of nitrogens with zero attached hydrogens (tertiary/aromatic N) is 2. The fourth-order valence-corrected chi connectivity index (χ4v) is 1.86. The number of aliphatic hydroxyl groups is 1. The molecule has 0 fully saturated rings. The van der Waals surface area contributed by atoms with E-state index in [2.05, 4.69) is 11.9 Å². The maximum Gasteiger partial charge on any atom is 0.138 e. The molecule has 0 radical (unpaired) electrons. The van der Waals surface area contributed by atoms with Gasteiger partial charge in [0, 0.05) is 7.05 Å². The zero-order valence-electron chi connectivity index (χ0n) is 9.14. The first-order chi connectivity index (χ1) is 7.24. The average Bonchev–Trinajstić information content (AvgIpc) is 2.57. The van der Waals surface area contributed by atoms with Crippen molar-refractivity contribution in [1.82, 2.24) is 9.55 Å². The fraction of sp³-hybridized carbons (Fsp3) is 0.417. The zero-order valence-corrected chi connectivity index (χ0v) is 9.14. The minimum absolute atomic E-state index is 0.451. The van der Waals surface area contributed by atoms with E-state index in [0.717, 1.165) is 29.7 Å². The molecule has 1 aromatic carbocycles. The Kier molecular flexibility index (Phi) is 2.73. The minimum atomic E-state index is -0.451. The van der Waals surface area contributed by atoms with Gasteiger partial charge >= 0.3 is 0 Å². The van der Waals surface area contributed by atoms with Gasteiger partial charge in [-0.1, -0.05) is 25.5 Å². The maximum absolute atomic E-state index is 9.92. The molecule has 0 aliphatic rings. The third-order valence-electron chi connectivity index (χ3n) is 2.68. The van der Waals surface area contributed by atoms with Crippen molar-refractivity contribution in [3.8, 4) is 0 Å². The number of para-hydroxylation sites is 2. The number of rotatable bonds is 3. The van der Waals surface area contributed by atoms with Crippen molar-refractivity contribution in [3.63, 3.8) is 0 Å². The predicted octanol–water partition coefficient (Wildman–Crippen LogP) is 2.41. The predicted molar refractivity (Wildman–Crippen MR) is 60.6 cm³/mol. The first-order valence-electron chi connectivity index (χ1n) is 5.33. The summed E-state index contributed by atoms with van der Waals surface area (Å²) < 4.78 is 1.97. The molecule has 0 aliphatic carbocycles. The van der Waals surface area contributed by atoms with Gasteiger partial charge in [0.25, 0.3) is 0 Å². The van der Waals surface area contributed by atoms with Gasteiger partial charge in [0.1, 0.15) is 11.9 Å². The molecule has 1 aromatic heterocycles. The van der Waals surface area contributed by atoms with Crippen molar-refractivity contribution in [2.75, 3.05) is 0 Å². The highest BCUT2D eigenvalue weighted by Gasteiger charge is 2.14. The van der Waals surface area contributed by atoms with Crippen molar-refractivity contribution in [3.05, 3.63) is 30.1 Å². The molecule has 1 heterocycles. The van der Waals surface area contributed by atoms with Gasteiger partial charge in [-0.2, -0.15) is 0 Å². The summed E-state index contributed by atoms with van der Waals surface area (Å²) in [5.74, 6) is 0.762. The largest absolute Gasteiger partial charge is 0.385 e. The van der Waals surface area contributed by atoms with E-state index in [-0.39, 0.29) is 0 Å². The highest BCUT2D eigenvalue weighted by Crippen LogP contribution is 2.21. The van der Waals surface area contributed by atoms with Crippen LogP contribution in [0.1, 0.15) is 31.7 Å². The molecule has 2 rings (SSSR count). The summed E-state index contributed by atoms with van der Waals surface area (Å²) in [7, 11) is 1.95. The lowest BCUT2D eigenvalue weighted by atomic mass is 10.2. The standard InChI is InChI=1S/C12H16N2O/c1-3-6-11(15)12-13-9-7-4-5-8-10(9)14(12)2/h4-5,7-8,11,15H,3,6H2,1-2H3/t11-/m1/s1. The van der Waals surface area contributed by atoms with E-state index in [1.54, 1.807) is 0 Å². The molecule has 3 nitrogen and oxygen atoms in total. The molecule has 1 atom stereocenters. The highest BCUT2D eigenvalue weighted by molar-refractivity contribution is 5.75. The fourth-order valence-electron chi connectivity index (χ4n) is 1.86. The molecule has 15 heavy (non-hydrogen) atoms. The van der Waals surface area contributed by atoms with Crippen LogP contribution >= 0.6 is 0 Å². The Morgan fingerprint density at radius 1 is 1.40 bits per heavy atom. The number of fused-ring (bicyclic) bond motifs is 1. The summed E-state index contributed by atoms with van der Waals surface area (Å²) in [5, 5.41) is 9.92. The molecule has 0 amide bonds. The molecule has 0 spiro atoms. The maximum atomic E-state index is 9.92. The quantitative estimate of drug-likeness (QED) is 0.833. The van der Waals surface area contributed by atoms with E-state index in [4.69, 9.17) is 0 Å². The summed E-state index contributed by atoms with van der Waals surface area (Å²) in [6.45, 7) is 2.06. The van der Waals surface area contributed by atoms with Crippen LogP contribution in [-0.2, 0) is 7.05 Å². The molecule has 0 saturated heterocycles. The first-order valence-corrected chi connectivity index (χ1v) is 5.33. The minimum Gasteiger partial charge on any atom is -0.385 e. The van der Waals surface area contributed by atoms with Crippen LogP contribution in [0.15, 0.2) is 24.3 Å².